The van der Waals surface area contributed by atoms with Crippen LogP contribution in [0.3, 0.4) is 0 Å². The normalized spacial score (nSPS) is 11.7. The van der Waals surface area contributed by atoms with Gasteiger partial charge in [-0.2, -0.15) is 0 Å². The van der Waals surface area contributed by atoms with Crippen molar-refractivity contribution in [1.29, 1.82) is 0 Å². The van der Waals surface area contributed by atoms with Gasteiger partial charge < -0.3 is 21.5 Å². The molecule has 0 heterocycles. The van der Waals surface area contributed by atoms with Crippen molar-refractivity contribution in [3.63, 3.8) is 0 Å². The second-order valence-electron chi connectivity index (χ2n) is 4.11. The van der Waals surface area contributed by atoms with Crippen molar-refractivity contribution < 1.29 is 14.3 Å². The molecular weight excluding hydrogens is 246 g/mol. The fourth-order valence-corrected chi connectivity index (χ4v) is 1.44. The molecule has 1 rings (SSSR count). The van der Waals surface area contributed by atoms with Crippen molar-refractivity contribution in [1.82, 2.24) is 0 Å². The second-order valence-corrected chi connectivity index (χ2v) is 4.11. The Morgan fingerprint density at radius 1 is 1.37 bits per heavy atom. The highest BCUT2D eigenvalue weighted by atomic mass is 16.5. The van der Waals surface area contributed by atoms with Crippen LogP contribution in [-0.2, 0) is 9.59 Å². The number of ether oxygens (including phenoxy) is 1. The largest absolute Gasteiger partial charge is 0.491 e. The van der Waals surface area contributed by atoms with Crippen LogP contribution in [0.2, 0.25) is 0 Å². The molecule has 0 saturated heterocycles. The van der Waals surface area contributed by atoms with Gasteiger partial charge in [0.2, 0.25) is 11.8 Å². The van der Waals surface area contributed by atoms with Gasteiger partial charge in [0.1, 0.15) is 5.75 Å². The maximum Gasteiger partial charge on any atom is 0.241 e. The Labute approximate surface area is 112 Å². The molecule has 2 amide bonds. The number of rotatable bonds is 7. The zero-order chi connectivity index (χ0) is 14.3. The minimum Gasteiger partial charge on any atom is -0.491 e. The van der Waals surface area contributed by atoms with Crippen molar-refractivity contribution in [2.24, 2.45) is 11.5 Å². The summed E-state index contributed by atoms with van der Waals surface area (Å²) in [5.74, 6) is -0.506. The van der Waals surface area contributed by atoms with E-state index in [1.165, 1.54) is 0 Å². The first-order chi connectivity index (χ1) is 9.04. The van der Waals surface area contributed by atoms with E-state index in [-0.39, 0.29) is 6.42 Å². The van der Waals surface area contributed by atoms with E-state index in [0.29, 0.717) is 18.0 Å². The number of carbonyl (C=O) groups excluding carboxylic acids is 2. The lowest BCUT2D eigenvalue weighted by Gasteiger charge is -2.14. The van der Waals surface area contributed by atoms with E-state index in [4.69, 9.17) is 16.2 Å². The van der Waals surface area contributed by atoms with Crippen molar-refractivity contribution in [2.75, 3.05) is 11.9 Å². The quantitative estimate of drug-likeness (QED) is 0.671. The number of para-hydroxylation sites is 2. The van der Waals surface area contributed by atoms with E-state index < -0.39 is 17.9 Å². The summed E-state index contributed by atoms with van der Waals surface area (Å²) in [7, 11) is 0. The van der Waals surface area contributed by atoms with E-state index in [9.17, 15) is 9.59 Å². The van der Waals surface area contributed by atoms with Crippen LogP contribution >= 0.6 is 0 Å². The molecular formula is C13H19N3O3. The first kappa shape index (κ1) is 15.0. The van der Waals surface area contributed by atoms with Gasteiger partial charge in [0.25, 0.3) is 0 Å². The van der Waals surface area contributed by atoms with Crippen LogP contribution in [0.4, 0.5) is 5.69 Å². The average molecular weight is 265 g/mol. The zero-order valence-corrected chi connectivity index (χ0v) is 10.9. The summed E-state index contributed by atoms with van der Waals surface area (Å²) in [5.41, 5.74) is 11.1. The average Bonchev–Trinajstić information content (AvgIpc) is 2.36. The van der Waals surface area contributed by atoms with Crippen molar-refractivity contribution in [2.45, 2.75) is 25.8 Å². The minimum atomic E-state index is -0.961. The molecule has 0 fully saturated rings. The number of nitrogens with one attached hydrogen (secondary N) is 1. The van der Waals surface area contributed by atoms with Crippen LogP contribution in [0, 0.1) is 0 Å². The molecule has 0 spiro atoms. The molecule has 0 aliphatic carbocycles. The fourth-order valence-electron chi connectivity index (χ4n) is 1.44. The van der Waals surface area contributed by atoms with Crippen LogP contribution in [0.1, 0.15) is 19.8 Å². The monoisotopic (exact) mass is 265 g/mol. The summed E-state index contributed by atoms with van der Waals surface area (Å²) >= 11 is 0. The van der Waals surface area contributed by atoms with E-state index in [0.717, 1.165) is 6.42 Å². The van der Waals surface area contributed by atoms with Gasteiger partial charge in [-0.15, -0.1) is 0 Å². The predicted octanol–water partition coefficient (Wildman–Crippen LogP) is 0.617. The SMILES string of the molecule is CCCOc1ccccc1NC(=O)C(N)CC(N)=O. The van der Waals surface area contributed by atoms with Crippen molar-refractivity contribution >= 4 is 17.5 Å². The van der Waals surface area contributed by atoms with E-state index in [1.54, 1.807) is 18.2 Å². The molecule has 0 bridgehead atoms. The highest BCUT2D eigenvalue weighted by Gasteiger charge is 2.17. The van der Waals surface area contributed by atoms with Crippen molar-refractivity contribution in [3.8, 4) is 5.75 Å². The summed E-state index contributed by atoms with van der Waals surface area (Å²) < 4.78 is 5.50. The Morgan fingerprint density at radius 3 is 2.68 bits per heavy atom. The molecule has 5 N–H and O–H groups in total. The summed E-state index contributed by atoms with van der Waals surface area (Å²) in [5, 5.41) is 2.63. The predicted molar refractivity (Wildman–Crippen MR) is 72.6 cm³/mol. The Hall–Kier alpha value is -2.08. The number of nitrogens with two attached hydrogens (primary N) is 2. The molecule has 0 aliphatic rings. The molecule has 1 atom stereocenters. The number of benzene rings is 1. The van der Waals surface area contributed by atoms with Gasteiger partial charge in [-0.25, -0.2) is 0 Å². The Kier molecular flexibility index (Phi) is 5.81. The molecule has 6 heteroatoms. The van der Waals surface area contributed by atoms with E-state index in [2.05, 4.69) is 5.32 Å². The third-order valence-electron chi connectivity index (χ3n) is 2.36. The lowest BCUT2D eigenvalue weighted by atomic mass is 10.2. The third kappa shape index (κ3) is 4.97. The number of hydrogen-bond donors (Lipinski definition) is 3. The number of anilines is 1. The molecule has 1 aromatic carbocycles. The molecule has 104 valence electrons. The molecule has 1 unspecified atom stereocenters. The van der Waals surface area contributed by atoms with Crippen LogP contribution in [0.15, 0.2) is 24.3 Å². The number of primary amides is 1. The highest BCUT2D eigenvalue weighted by Crippen LogP contribution is 2.23. The molecule has 0 aliphatic heterocycles. The maximum absolute atomic E-state index is 11.8. The summed E-state index contributed by atoms with van der Waals surface area (Å²) in [4.78, 5) is 22.5. The smallest absolute Gasteiger partial charge is 0.241 e. The van der Waals surface area contributed by atoms with Crippen LogP contribution in [0.5, 0.6) is 5.75 Å². The minimum absolute atomic E-state index is 0.191. The topological polar surface area (TPSA) is 107 Å². The summed E-state index contributed by atoms with van der Waals surface area (Å²) in [6.45, 7) is 2.55. The molecule has 1 aromatic rings. The maximum atomic E-state index is 11.8. The second kappa shape index (κ2) is 7.38. The van der Waals surface area contributed by atoms with Crippen LogP contribution < -0.4 is 21.5 Å². The number of amides is 2. The molecule has 0 radical (unpaired) electrons. The van der Waals surface area contributed by atoms with Gasteiger partial charge >= 0.3 is 0 Å². The lowest BCUT2D eigenvalue weighted by molar-refractivity contribution is -0.123. The summed E-state index contributed by atoms with van der Waals surface area (Å²) in [6.07, 6.45) is 0.674. The van der Waals surface area contributed by atoms with Gasteiger partial charge in [0.15, 0.2) is 0 Å². The Morgan fingerprint density at radius 2 is 2.05 bits per heavy atom. The Bertz CT molecular complexity index is 449. The van der Waals surface area contributed by atoms with Gasteiger partial charge in [0, 0.05) is 0 Å². The third-order valence-corrected chi connectivity index (χ3v) is 2.36. The first-order valence-electron chi connectivity index (χ1n) is 6.11. The van der Waals surface area contributed by atoms with Gasteiger partial charge in [-0.05, 0) is 18.6 Å². The van der Waals surface area contributed by atoms with Gasteiger partial charge in [-0.3, -0.25) is 9.59 Å². The van der Waals surface area contributed by atoms with E-state index in [1.807, 2.05) is 13.0 Å². The highest BCUT2D eigenvalue weighted by molar-refractivity contribution is 5.98. The number of carbonyl (C=O) groups is 2. The summed E-state index contributed by atoms with van der Waals surface area (Å²) in [6, 6.07) is 6.08. The Balaban J connectivity index is 2.70. The van der Waals surface area contributed by atoms with Gasteiger partial charge in [0.05, 0.1) is 24.8 Å². The van der Waals surface area contributed by atoms with Crippen molar-refractivity contribution in [3.05, 3.63) is 24.3 Å². The van der Waals surface area contributed by atoms with Crippen LogP contribution in [0.25, 0.3) is 0 Å². The molecule has 0 saturated carbocycles. The first-order valence-corrected chi connectivity index (χ1v) is 6.11. The zero-order valence-electron chi connectivity index (χ0n) is 10.9. The van der Waals surface area contributed by atoms with E-state index >= 15 is 0 Å². The van der Waals surface area contributed by atoms with Crippen LogP contribution in [-0.4, -0.2) is 24.5 Å². The molecule has 6 nitrogen and oxygen atoms in total. The standard InChI is InChI=1S/C13H19N3O3/c1-2-7-19-11-6-4-3-5-10(11)16-13(18)9(14)8-12(15)17/h3-6,9H,2,7-8,14H2,1H3,(H2,15,17)(H,16,18). The van der Waals surface area contributed by atoms with Gasteiger partial charge in [-0.1, -0.05) is 19.1 Å². The molecule has 0 aromatic heterocycles. The molecule has 19 heavy (non-hydrogen) atoms. The lowest BCUT2D eigenvalue weighted by Crippen LogP contribution is -2.39. The fraction of sp³-hybridized carbons (Fsp3) is 0.385. The number of hydrogen-bond acceptors (Lipinski definition) is 4.